The van der Waals surface area contributed by atoms with E-state index in [0.717, 1.165) is 6.07 Å². The lowest BCUT2D eigenvalue weighted by Crippen LogP contribution is -2.53. The molecular formula is C29H31ClF3N5O2. The second-order valence-electron chi connectivity index (χ2n) is 9.67. The number of benzene rings is 2. The fraction of sp³-hybridized carbons (Fsp3) is 0.379. The molecule has 2 heterocycles. The Morgan fingerprint density at radius 2 is 1.75 bits per heavy atom. The van der Waals surface area contributed by atoms with Crippen molar-refractivity contribution in [3.63, 3.8) is 0 Å². The second-order valence-corrected chi connectivity index (χ2v) is 10.1. The number of alkyl halides is 2. The number of halogens is 4. The zero-order chi connectivity index (χ0) is 28.6. The molecule has 3 atom stereocenters. The van der Waals surface area contributed by atoms with Crippen LogP contribution in [-0.2, 0) is 9.59 Å². The Balaban J connectivity index is 1.84. The van der Waals surface area contributed by atoms with Crippen LogP contribution in [0.25, 0.3) is 0 Å². The average molecular weight is 574 g/mol. The highest BCUT2D eigenvalue weighted by atomic mass is 35.5. The van der Waals surface area contributed by atoms with E-state index in [4.69, 9.17) is 11.6 Å². The van der Waals surface area contributed by atoms with Gasteiger partial charge in [0, 0.05) is 40.8 Å². The molecule has 0 bridgehead atoms. The number of amides is 2. The molecule has 1 N–H and O–H groups in total. The summed E-state index contributed by atoms with van der Waals surface area (Å²) in [6, 6.07) is 10.5. The van der Waals surface area contributed by atoms with Crippen LogP contribution in [-0.4, -0.2) is 53.3 Å². The van der Waals surface area contributed by atoms with Gasteiger partial charge in [-0.15, -0.1) is 0 Å². The third-order valence-corrected chi connectivity index (χ3v) is 7.37. The zero-order valence-electron chi connectivity index (χ0n) is 22.0. The first kappa shape index (κ1) is 29.3. The van der Waals surface area contributed by atoms with Crippen molar-refractivity contribution < 1.29 is 22.8 Å². The minimum atomic E-state index is -1.36. The first-order valence-corrected chi connectivity index (χ1v) is 13.5. The van der Waals surface area contributed by atoms with Gasteiger partial charge in [-0.1, -0.05) is 35.9 Å². The third kappa shape index (κ3) is 6.55. The van der Waals surface area contributed by atoms with Gasteiger partial charge in [-0.3, -0.25) is 23.3 Å². The molecule has 3 aromatic rings. The van der Waals surface area contributed by atoms with Gasteiger partial charge in [-0.2, -0.15) is 0 Å². The molecule has 1 aromatic heterocycles. The first-order chi connectivity index (χ1) is 19.3. The minimum absolute atomic E-state index is 0.0863. The van der Waals surface area contributed by atoms with Crippen molar-refractivity contribution in [1.29, 1.82) is 0 Å². The molecule has 0 spiro atoms. The summed E-state index contributed by atoms with van der Waals surface area (Å²) in [5.74, 6) is -1.43. The van der Waals surface area contributed by atoms with E-state index in [0.29, 0.717) is 18.8 Å². The van der Waals surface area contributed by atoms with Gasteiger partial charge in [0.25, 0.3) is 5.91 Å². The first-order valence-electron chi connectivity index (χ1n) is 13.2. The number of hydrogen-bond acceptors (Lipinski definition) is 5. The highest BCUT2D eigenvalue weighted by Gasteiger charge is 2.44. The predicted octanol–water partition coefficient (Wildman–Crippen LogP) is 5.60. The fourth-order valence-corrected chi connectivity index (χ4v) is 5.34. The Morgan fingerprint density at radius 1 is 1.05 bits per heavy atom. The van der Waals surface area contributed by atoms with E-state index in [9.17, 15) is 22.8 Å². The Kier molecular flexibility index (Phi) is 9.98. The standard InChI is InChI=1S/C29H31ClF3N5O2/c1-19-10-11-25(37(19)29-34-16-5-17-35-29)28(40)38(22-7-4-6-20(33)18-22)26(23-8-2-3-9-24(23)30)27(39)36-21(12-14-31)13-15-32/h2-9,16-19,21,25-26H,10-15H2,1H3,(H,36,39)/t19-,25?,26-/m0/s1. The number of nitrogens with zero attached hydrogens (tertiary/aromatic N) is 4. The van der Waals surface area contributed by atoms with Crippen molar-refractivity contribution in [2.24, 2.45) is 0 Å². The second kappa shape index (κ2) is 13.6. The zero-order valence-corrected chi connectivity index (χ0v) is 22.8. The summed E-state index contributed by atoms with van der Waals surface area (Å²) >= 11 is 6.55. The molecule has 2 aromatic carbocycles. The average Bonchev–Trinajstić information content (AvgIpc) is 3.34. The number of anilines is 2. The van der Waals surface area contributed by atoms with Crippen molar-refractivity contribution in [3.05, 3.63) is 83.4 Å². The molecule has 1 aliphatic rings. The largest absolute Gasteiger partial charge is 0.351 e. The number of aromatic nitrogens is 2. The minimum Gasteiger partial charge on any atom is -0.351 e. The van der Waals surface area contributed by atoms with E-state index in [1.54, 1.807) is 47.6 Å². The summed E-state index contributed by atoms with van der Waals surface area (Å²) < 4.78 is 41.0. The summed E-state index contributed by atoms with van der Waals surface area (Å²) in [7, 11) is 0. The van der Waals surface area contributed by atoms with E-state index in [1.165, 1.54) is 23.1 Å². The molecule has 1 unspecified atom stereocenters. The van der Waals surface area contributed by atoms with Gasteiger partial charge in [0.05, 0.1) is 13.3 Å². The monoisotopic (exact) mass is 573 g/mol. The van der Waals surface area contributed by atoms with E-state index in [-0.39, 0.29) is 35.2 Å². The van der Waals surface area contributed by atoms with Crippen molar-refractivity contribution in [3.8, 4) is 0 Å². The summed E-state index contributed by atoms with van der Waals surface area (Å²) in [5.41, 5.74) is 0.415. The topological polar surface area (TPSA) is 78.4 Å². The molecule has 1 fully saturated rings. The van der Waals surface area contributed by atoms with Gasteiger partial charge in [0.1, 0.15) is 17.9 Å². The van der Waals surface area contributed by atoms with E-state index >= 15 is 0 Å². The Morgan fingerprint density at radius 3 is 2.40 bits per heavy atom. The summed E-state index contributed by atoms with van der Waals surface area (Å²) in [6.45, 7) is 0.424. The molecule has 40 heavy (non-hydrogen) atoms. The summed E-state index contributed by atoms with van der Waals surface area (Å²) in [6.07, 6.45) is 4.05. The van der Waals surface area contributed by atoms with E-state index in [1.807, 2.05) is 6.92 Å². The number of carbonyl (C=O) groups is 2. The summed E-state index contributed by atoms with van der Waals surface area (Å²) in [4.78, 5) is 40.2. The lowest BCUT2D eigenvalue weighted by molar-refractivity contribution is -0.127. The molecular weight excluding hydrogens is 543 g/mol. The van der Waals surface area contributed by atoms with Crippen LogP contribution in [0.4, 0.5) is 24.8 Å². The van der Waals surface area contributed by atoms with Crippen molar-refractivity contribution >= 4 is 35.1 Å². The predicted molar refractivity (Wildman–Crippen MR) is 148 cm³/mol. The van der Waals surface area contributed by atoms with Gasteiger partial charge in [0.2, 0.25) is 11.9 Å². The molecule has 0 radical (unpaired) electrons. The molecule has 1 saturated heterocycles. The molecule has 2 amide bonds. The van der Waals surface area contributed by atoms with Crippen LogP contribution in [0.3, 0.4) is 0 Å². The maximum atomic E-state index is 14.6. The van der Waals surface area contributed by atoms with Crippen LogP contribution in [0, 0.1) is 5.82 Å². The number of hydrogen-bond donors (Lipinski definition) is 1. The van der Waals surface area contributed by atoms with Crippen molar-refractivity contribution in [2.45, 2.75) is 56.8 Å². The molecule has 0 aliphatic carbocycles. The normalized spacial score (nSPS) is 17.6. The highest BCUT2D eigenvalue weighted by Crippen LogP contribution is 2.36. The third-order valence-electron chi connectivity index (χ3n) is 7.03. The quantitative estimate of drug-likeness (QED) is 0.323. The lowest BCUT2D eigenvalue weighted by atomic mass is 10.00. The number of rotatable bonds is 11. The SMILES string of the molecule is C[C@H]1CCC(C(=O)N(c2cccc(F)c2)[C@H](C(=O)NC(CCF)CCF)c2ccccc2Cl)N1c1ncccn1. The lowest BCUT2D eigenvalue weighted by Gasteiger charge is -2.37. The smallest absolute Gasteiger partial charge is 0.250 e. The van der Waals surface area contributed by atoms with Crippen LogP contribution in [0.1, 0.15) is 44.2 Å². The van der Waals surface area contributed by atoms with Crippen LogP contribution >= 0.6 is 11.6 Å². The van der Waals surface area contributed by atoms with E-state index in [2.05, 4.69) is 15.3 Å². The van der Waals surface area contributed by atoms with Gasteiger partial charge in [0.15, 0.2) is 0 Å². The van der Waals surface area contributed by atoms with Gasteiger partial charge < -0.3 is 10.2 Å². The molecule has 7 nitrogen and oxygen atoms in total. The Hall–Kier alpha value is -3.66. The van der Waals surface area contributed by atoms with Gasteiger partial charge >= 0.3 is 0 Å². The fourth-order valence-electron chi connectivity index (χ4n) is 5.10. The van der Waals surface area contributed by atoms with Crippen molar-refractivity contribution in [2.75, 3.05) is 23.1 Å². The number of carbonyl (C=O) groups excluding carboxylic acids is 2. The highest BCUT2D eigenvalue weighted by molar-refractivity contribution is 6.31. The maximum Gasteiger partial charge on any atom is 0.250 e. The molecule has 212 valence electrons. The molecule has 4 rings (SSSR count). The van der Waals surface area contributed by atoms with Crippen LogP contribution in [0.5, 0.6) is 0 Å². The van der Waals surface area contributed by atoms with E-state index < -0.39 is 49.1 Å². The Labute approximate surface area is 236 Å². The molecule has 1 aliphatic heterocycles. The van der Waals surface area contributed by atoms with Gasteiger partial charge in [-0.25, -0.2) is 14.4 Å². The van der Waals surface area contributed by atoms with Crippen LogP contribution in [0.2, 0.25) is 5.02 Å². The summed E-state index contributed by atoms with van der Waals surface area (Å²) in [5, 5.41) is 2.90. The van der Waals surface area contributed by atoms with Crippen molar-refractivity contribution in [1.82, 2.24) is 15.3 Å². The molecule has 11 heteroatoms. The Bertz CT molecular complexity index is 1300. The molecule has 0 saturated carbocycles. The maximum absolute atomic E-state index is 14.6. The number of nitrogens with one attached hydrogen (secondary N) is 1. The van der Waals surface area contributed by atoms with Gasteiger partial charge in [-0.05, 0) is 62.9 Å². The van der Waals surface area contributed by atoms with Crippen LogP contribution in [0.15, 0.2) is 67.0 Å². The van der Waals surface area contributed by atoms with Crippen LogP contribution < -0.4 is 15.1 Å².